The van der Waals surface area contributed by atoms with Crippen molar-refractivity contribution in [2.45, 2.75) is 38.9 Å². The van der Waals surface area contributed by atoms with Crippen molar-refractivity contribution < 1.29 is 9.31 Å². The second-order valence-electron chi connectivity index (χ2n) is 12.8. The molecule has 0 saturated carbocycles. The molecule has 5 aromatic carbocycles. The predicted molar refractivity (Wildman–Crippen MR) is 186 cm³/mol. The van der Waals surface area contributed by atoms with Gasteiger partial charge in [-0.2, -0.15) is 9.97 Å². The fourth-order valence-corrected chi connectivity index (χ4v) is 6.07. The zero-order valence-electron chi connectivity index (χ0n) is 26.3. The molecule has 1 fully saturated rings. The molecule has 1 aliphatic heterocycles. The second kappa shape index (κ2) is 10.8. The summed E-state index contributed by atoms with van der Waals surface area (Å²) in [5.41, 5.74) is 6.37. The van der Waals surface area contributed by atoms with Crippen molar-refractivity contribution >= 4 is 34.4 Å². The highest BCUT2D eigenvalue weighted by Crippen LogP contribution is 2.37. The summed E-state index contributed by atoms with van der Waals surface area (Å²) in [5.74, 6) is 1.84. The molecule has 0 bridgehead atoms. The number of nitrogens with zero attached hydrogens (tertiary/aromatic N) is 4. The Balaban J connectivity index is 1.27. The molecule has 3 heterocycles. The molecule has 1 aliphatic rings. The normalized spacial score (nSPS) is 15.5. The van der Waals surface area contributed by atoms with Gasteiger partial charge in [0, 0.05) is 21.9 Å². The van der Waals surface area contributed by atoms with Crippen LogP contribution in [0.2, 0.25) is 0 Å². The summed E-state index contributed by atoms with van der Waals surface area (Å²) in [4.78, 5) is 15.0. The van der Waals surface area contributed by atoms with Gasteiger partial charge in [0.2, 0.25) is 5.95 Å². The van der Waals surface area contributed by atoms with E-state index in [1.54, 1.807) is 0 Å². The van der Waals surface area contributed by atoms with Crippen molar-refractivity contribution in [2.24, 2.45) is 0 Å². The molecular weight excluding hydrogens is 567 g/mol. The Morgan fingerprint density at radius 3 is 1.63 bits per heavy atom. The van der Waals surface area contributed by atoms with Crippen LogP contribution >= 0.6 is 0 Å². The van der Waals surface area contributed by atoms with Gasteiger partial charge in [0.05, 0.1) is 22.2 Å². The van der Waals surface area contributed by atoms with Crippen LogP contribution in [0.1, 0.15) is 27.7 Å². The molecule has 0 unspecified atom stereocenters. The molecule has 1 saturated heterocycles. The number of hydrogen-bond acceptors (Lipinski definition) is 5. The molecule has 2 aromatic heterocycles. The van der Waals surface area contributed by atoms with Crippen LogP contribution in [0.3, 0.4) is 0 Å². The maximum atomic E-state index is 6.29. The van der Waals surface area contributed by atoms with Crippen LogP contribution in [0.25, 0.3) is 61.7 Å². The van der Waals surface area contributed by atoms with E-state index in [2.05, 4.69) is 99.0 Å². The molecule has 0 amide bonds. The van der Waals surface area contributed by atoms with Gasteiger partial charge in [0.25, 0.3) is 0 Å². The summed E-state index contributed by atoms with van der Waals surface area (Å²) in [5, 5.41) is 2.28. The van der Waals surface area contributed by atoms with E-state index in [4.69, 9.17) is 24.3 Å². The third kappa shape index (κ3) is 4.80. The van der Waals surface area contributed by atoms with Gasteiger partial charge in [-0.05, 0) is 56.4 Å². The standard InChI is InChI=1S/C39H33BN4O2/c1-38(2)39(3,4)46-40(45-38)30-22-19-26(20-23-30)29-21-24-32-31-17-11-12-18-33(31)44(34(32)25-29)37-42-35(27-13-7-5-8-14-27)41-36(43-37)28-15-9-6-10-16-28/h5-25H,1-4H3. The quantitative estimate of drug-likeness (QED) is 0.186. The first kappa shape index (κ1) is 28.4. The Bertz CT molecular complexity index is 2140. The van der Waals surface area contributed by atoms with Crippen LogP contribution in [0.4, 0.5) is 0 Å². The van der Waals surface area contributed by atoms with E-state index in [1.807, 2.05) is 60.7 Å². The van der Waals surface area contributed by atoms with Gasteiger partial charge in [0.15, 0.2) is 11.6 Å². The van der Waals surface area contributed by atoms with Gasteiger partial charge >= 0.3 is 7.12 Å². The highest BCUT2D eigenvalue weighted by Gasteiger charge is 2.51. The van der Waals surface area contributed by atoms with Crippen molar-refractivity contribution in [3.63, 3.8) is 0 Å². The molecule has 7 aromatic rings. The van der Waals surface area contributed by atoms with E-state index < -0.39 is 7.12 Å². The molecule has 0 N–H and O–H groups in total. The second-order valence-corrected chi connectivity index (χ2v) is 12.8. The number of aromatic nitrogens is 4. The molecule has 224 valence electrons. The minimum absolute atomic E-state index is 0.384. The van der Waals surface area contributed by atoms with Crippen LogP contribution < -0.4 is 5.46 Å². The van der Waals surface area contributed by atoms with E-state index >= 15 is 0 Å². The lowest BCUT2D eigenvalue weighted by Crippen LogP contribution is -2.41. The molecule has 8 rings (SSSR count). The van der Waals surface area contributed by atoms with Gasteiger partial charge in [-0.15, -0.1) is 0 Å². The Hall–Kier alpha value is -5.11. The summed E-state index contributed by atoms with van der Waals surface area (Å²) in [6.07, 6.45) is 0. The van der Waals surface area contributed by atoms with Crippen molar-refractivity contribution in [1.82, 2.24) is 19.5 Å². The van der Waals surface area contributed by atoms with E-state index in [0.29, 0.717) is 17.6 Å². The predicted octanol–water partition coefficient (Wildman–Crippen LogP) is 8.27. The zero-order valence-corrected chi connectivity index (χ0v) is 26.3. The molecule has 0 spiro atoms. The molecule has 0 atom stereocenters. The van der Waals surface area contributed by atoms with E-state index in [-0.39, 0.29) is 11.2 Å². The number of para-hydroxylation sites is 1. The van der Waals surface area contributed by atoms with E-state index in [9.17, 15) is 0 Å². The lowest BCUT2D eigenvalue weighted by Gasteiger charge is -2.32. The van der Waals surface area contributed by atoms with Crippen LogP contribution in [0.5, 0.6) is 0 Å². The summed E-state index contributed by atoms with van der Waals surface area (Å²) in [6, 6.07) is 43.7. The summed E-state index contributed by atoms with van der Waals surface area (Å²) in [7, 11) is -0.398. The van der Waals surface area contributed by atoms with Crippen LogP contribution in [-0.4, -0.2) is 37.8 Å². The van der Waals surface area contributed by atoms with Gasteiger partial charge < -0.3 is 9.31 Å². The van der Waals surface area contributed by atoms with Crippen LogP contribution in [0, 0.1) is 0 Å². The Kier molecular flexibility index (Phi) is 6.64. The molecule has 46 heavy (non-hydrogen) atoms. The Morgan fingerprint density at radius 1 is 0.500 bits per heavy atom. The first-order chi connectivity index (χ1) is 22.3. The first-order valence-electron chi connectivity index (χ1n) is 15.6. The third-order valence-corrected chi connectivity index (χ3v) is 9.33. The fourth-order valence-electron chi connectivity index (χ4n) is 6.07. The maximum Gasteiger partial charge on any atom is 0.494 e. The van der Waals surface area contributed by atoms with Gasteiger partial charge in [-0.1, -0.05) is 115 Å². The van der Waals surface area contributed by atoms with E-state index in [0.717, 1.165) is 49.5 Å². The number of benzene rings is 5. The van der Waals surface area contributed by atoms with Crippen molar-refractivity contribution in [3.8, 4) is 39.9 Å². The number of hydrogen-bond donors (Lipinski definition) is 0. The van der Waals surface area contributed by atoms with Crippen molar-refractivity contribution in [1.29, 1.82) is 0 Å². The lowest BCUT2D eigenvalue weighted by atomic mass is 9.78. The van der Waals surface area contributed by atoms with Crippen LogP contribution in [0.15, 0.2) is 127 Å². The summed E-state index contributed by atoms with van der Waals surface area (Å²) >= 11 is 0. The molecule has 6 nitrogen and oxygen atoms in total. The Morgan fingerprint density at radius 2 is 1.02 bits per heavy atom. The molecule has 0 aliphatic carbocycles. The molecule has 7 heteroatoms. The fraction of sp³-hybridized carbons (Fsp3) is 0.154. The third-order valence-electron chi connectivity index (χ3n) is 9.33. The van der Waals surface area contributed by atoms with Gasteiger partial charge in [-0.3, -0.25) is 4.57 Å². The molecular formula is C39H33BN4O2. The summed E-state index contributed by atoms with van der Waals surface area (Å²) in [6.45, 7) is 8.31. The number of fused-ring (bicyclic) bond motifs is 3. The average molecular weight is 601 g/mol. The lowest BCUT2D eigenvalue weighted by molar-refractivity contribution is 0.00578. The first-order valence-corrected chi connectivity index (χ1v) is 15.6. The largest absolute Gasteiger partial charge is 0.494 e. The van der Waals surface area contributed by atoms with E-state index in [1.165, 1.54) is 0 Å². The minimum Gasteiger partial charge on any atom is -0.399 e. The highest BCUT2D eigenvalue weighted by molar-refractivity contribution is 6.62. The monoisotopic (exact) mass is 600 g/mol. The minimum atomic E-state index is -0.398. The van der Waals surface area contributed by atoms with Crippen LogP contribution in [-0.2, 0) is 9.31 Å². The average Bonchev–Trinajstić information content (AvgIpc) is 3.53. The van der Waals surface area contributed by atoms with Gasteiger partial charge in [-0.25, -0.2) is 4.98 Å². The smallest absolute Gasteiger partial charge is 0.399 e. The zero-order chi connectivity index (χ0) is 31.5. The summed E-state index contributed by atoms with van der Waals surface area (Å²) < 4.78 is 14.7. The molecule has 0 radical (unpaired) electrons. The van der Waals surface area contributed by atoms with Crippen molar-refractivity contribution in [3.05, 3.63) is 127 Å². The van der Waals surface area contributed by atoms with Crippen molar-refractivity contribution in [2.75, 3.05) is 0 Å². The van der Waals surface area contributed by atoms with Gasteiger partial charge in [0.1, 0.15) is 0 Å². The Labute approximate surface area is 268 Å². The highest BCUT2D eigenvalue weighted by atomic mass is 16.7. The SMILES string of the molecule is CC1(C)OB(c2ccc(-c3ccc4c5ccccc5n(-c5nc(-c6ccccc6)nc(-c6ccccc6)n5)c4c3)cc2)OC1(C)C. The number of rotatable bonds is 5. The topological polar surface area (TPSA) is 62.1 Å². The maximum absolute atomic E-state index is 6.29.